The fourth-order valence-electron chi connectivity index (χ4n) is 4.03. The fourth-order valence-corrected chi connectivity index (χ4v) is 4.03. The molecular weight excluding hydrogens is 410 g/mol. The number of nitrogens with one attached hydrogen (secondary N) is 2. The highest BCUT2D eigenvalue weighted by Gasteiger charge is 2.39. The summed E-state index contributed by atoms with van der Waals surface area (Å²) in [5.74, 6) is -1.22. The van der Waals surface area contributed by atoms with Crippen molar-refractivity contribution in [2.45, 2.75) is 24.9 Å². The number of benzene rings is 1. The molecule has 2 aliphatic rings. The van der Waals surface area contributed by atoms with Gasteiger partial charge in [-0.2, -0.15) is 0 Å². The summed E-state index contributed by atoms with van der Waals surface area (Å²) < 4.78 is 0. The lowest BCUT2D eigenvalue weighted by molar-refractivity contribution is -0.133. The molecule has 1 aromatic carbocycles. The van der Waals surface area contributed by atoms with Crippen molar-refractivity contribution in [3.8, 4) is 0 Å². The Morgan fingerprint density at radius 2 is 1.78 bits per heavy atom. The highest BCUT2D eigenvalue weighted by atomic mass is 16.2. The van der Waals surface area contributed by atoms with E-state index in [1.807, 2.05) is 6.07 Å². The molecule has 1 aromatic heterocycles. The number of carbonyl (C=O) groups excluding carboxylic acids is 4. The molecule has 32 heavy (non-hydrogen) atoms. The summed E-state index contributed by atoms with van der Waals surface area (Å²) in [5.41, 5.74) is 0.883. The van der Waals surface area contributed by atoms with Gasteiger partial charge < -0.3 is 20.4 Å². The van der Waals surface area contributed by atoms with Crippen molar-refractivity contribution < 1.29 is 19.2 Å². The standard InChI is InChI=1S/C23H25N5O4/c29-20-18(9-5-11-25-20)26-21(30)19-15-27(22(31)16-6-2-1-3-7-16)12-13-28(19)23(32)17-8-4-10-24-14-17/h1-4,6-8,10,14,18-19H,5,9,11-13,15H2,(H,25,29)(H,26,30)/t18-,19-/m1/s1. The first kappa shape index (κ1) is 21.5. The van der Waals surface area contributed by atoms with E-state index in [1.54, 1.807) is 47.5 Å². The van der Waals surface area contributed by atoms with E-state index >= 15 is 0 Å². The zero-order valence-corrected chi connectivity index (χ0v) is 17.6. The predicted molar refractivity (Wildman–Crippen MR) is 116 cm³/mol. The number of hydrogen-bond donors (Lipinski definition) is 2. The van der Waals surface area contributed by atoms with Crippen LogP contribution in [0.1, 0.15) is 33.6 Å². The van der Waals surface area contributed by atoms with E-state index in [1.165, 1.54) is 11.1 Å². The largest absolute Gasteiger partial charge is 0.354 e. The molecule has 0 bridgehead atoms. The Hall–Kier alpha value is -3.75. The van der Waals surface area contributed by atoms with Crippen molar-refractivity contribution in [1.82, 2.24) is 25.4 Å². The summed E-state index contributed by atoms with van der Waals surface area (Å²) in [6.07, 6.45) is 4.32. The number of carbonyl (C=O) groups is 4. The minimum absolute atomic E-state index is 0.0416. The first-order chi connectivity index (χ1) is 15.5. The van der Waals surface area contributed by atoms with Gasteiger partial charge in [0.15, 0.2) is 0 Å². The summed E-state index contributed by atoms with van der Waals surface area (Å²) in [6, 6.07) is 10.6. The molecule has 0 aliphatic carbocycles. The first-order valence-corrected chi connectivity index (χ1v) is 10.7. The number of aromatic nitrogens is 1. The quantitative estimate of drug-likeness (QED) is 0.724. The van der Waals surface area contributed by atoms with Crippen molar-refractivity contribution in [1.29, 1.82) is 0 Å². The molecule has 0 radical (unpaired) electrons. The van der Waals surface area contributed by atoms with E-state index < -0.39 is 18.0 Å². The van der Waals surface area contributed by atoms with Crippen LogP contribution in [0.4, 0.5) is 0 Å². The molecule has 2 atom stereocenters. The maximum absolute atomic E-state index is 13.2. The second-order valence-corrected chi connectivity index (χ2v) is 7.87. The molecule has 0 spiro atoms. The molecule has 2 fully saturated rings. The van der Waals surface area contributed by atoms with Crippen LogP contribution in [0, 0.1) is 0 Å². The smallest absolute Gasteiger partial charge is 0.256 e. The zero-order chi connectivity index (χ0) is 22.5. The summed E-state index contributed by atoms with van der Waals surface area (Å²) >= 11 is 0. The van der Waals surface area contributed by atoms with E-state index in [4.69, 9.17) is 0 Å². The van der Waals surface area contributed by atoms with Crippen LogP contribution in [0.15, 0.2) is 54.9 Å². The Balaban J connectivity index is 1.56. The van der Waals surface area contributed by atoms with Gasteiger partial charge in [-0.25, -0.2) is 0 Å². The maximum atomic E-state index is 13.2. The Kier molecular flexibility index (Phi) is 6.44. The lowest BCUT2D eigenvalue weighted by Crippen LogP contribution is -2.63. The summed E-state index contributed by atoms with van der Waals surface area (Å²) in [7, 11) is 0. The number of nitrogens with zero attached hydrogens (tertiary/aromatic N) is 3. The van der Waals surface area contributed by atoms with Gasteiger partial charge in [0, 0.05) is 37.6 Å². The van der Waals surface area contributed by atoms with Gasteiger partial charge in [-0.3, -0.25) is 24.2 Å². The van der Waals surface area contributed by atoms with Crippen LogP contribution < -0.4 is 10.6 Å². The van der Waals surface area contributed by atoms with Crippen LogP contribution in [0.25, 0.3) is 0 Å². The minimum atomic E-state index is -0.918. The third-order valence-corrected chi connectivity index (χ3v) is 5.76. The number of piperazine rings is 1. The molecule has 2 saturated heterocycles. The lowest BCUT2D eigenvalue weighted by Gasteiger charge is -2.41. The molecule has 9 heteroatoms. The Bertz CT molecular complexity index is 998. The van der Waals surface area contributed by atoms with E-state index in [0.29, 0.717) is 30.6 Å². The van der Waals surface area contributed by atoms with Crippen molar-refractivity contribution in [2.24, 2.45) is 0 Å². The zero-order valence-electron chi connectivity index (χ0n) is 17.6. The number of pyridine rings is 1. The van der Waals surface area contributed by atoms with Gasteiger partial charge in [0.1, 0.15) is 12.1 Å². The Morgan fingerprint density at radius 3 is 2.50 bits per heavy atom. The lowest BCUT2D eigenvalue weighted by atomic mass is 10.0. The summed E-state index contributed by atoms with van der Waals surface area (Å²) in [5, 5.41) is 5.52. The maximum Gasteiger partial charge on any atom is 0.256 e. The molecule has 2 aromatic rings. The predicted octanol–water partition coefficient (Wildman–Crippen LogP) is 0.443. The van der Waals surface area contributed by atoms with E-state index in [2.05, 4.69) is 15.6 Å². The van der Waals surface area contributed by atoms with Gasteiger partial charge in [-0.05, 0) is 37.1 Å². The molecule has 9 nitrogen and oxygen atoms in total. The molecule has 2 N–H and O–H groups in total. The van der Waals surface area contributed by atoms with Crippen molar-refractivity contribution in [2.75, 3.05) is 26.2 Å². The average Bonchev–Trinajstić information content (AvgIpc) is 2.85. The highest BCUT2D eigenvalue weighted by Crippen LogP contribution is 2.17. The van der Waals surface area contributed by atoms with Gasteiger partial charge in [-0.1, -0.05) is 18.2 Å². The van der Waals surface area contributed by atoms with Crippen LogP contribution >= 0.6 is 0 Å². The van der Waals surface area contributed by atoms with Gasteiger partial charge >= 0.3 is 0 Å². The van der Waals surface area contributed by atoms with Crippen LogP contribution in [0.5, 0.6) is 0 Å². The second kappa shape index (κ2) is 9.59. The SMILES string of the molecule is O=C(N[C@@H]1CCCNC1=O)[C@H]1CN(C(=O)c2ccccc2)CCN1C(=O)c1cccnc1. The Labute approximate surface area is 185 Å². The third kappa shape index (κ3) is 4.61. The van der Waals surface area contributed by atoms with Gasteiger partial charge in [0.05, 0.1) is 12.1 Å². The molecule has 2 aliphatic heterocycles. The molecule has 0 unspecified atom stereocenters. The molecule has 4 rings (SSSR count). The number of rotatable bonds is 4. The molecule has 166 valence electrons. The van der Waals surface area contributed by atoms with Crippen molar-refractivity contribution in [3.63, 3.8) is 0 Å². The molecule has 3 heterocycles. The number of piperidine rings is 1. The van der Waals surface area contributed by atoms with Gasteiger partial charge in [0.2, 0.25) is 11.8 Å². The van der Waals surface area contributed by atoms with Crippen LogP contribution in [-0.2, 0) is 9.59 Å². The van der Waals surface area contributed by atoms with Crippen molar-refractivity contribution >= 4 is 23.6 Å². The van der Waals surface area contributed by atoms with Crippen LogP contribution in [0.3, 0.4) is 0 Å². The summed E-state index contributed by atoms with van der Waals surface area (Å²) in [4.78, 5) is 58.5. The van der Waals surface area contributed by atoms with Gasteiger partial charge in [0.25, 0.3) is 11.8 Å². The molecule has 4 amide bonds. The normalized spacial score (nSPS) is 20.9. The van der Waals surface area contributed by atoms with Crippen molar-refractivity contribution in [3.05, 3.63) is 66.0 Å². The highest BCUT2D eigenvalue weighted by molar-refractivity contribution is 6.00. The summed E-state index contributed by atoms with van der Waals surface area (Å²) in [6.45, 7) is 1.12. The Morgan fingerprint density at radius 1 is 1.00 bits per heavy atom. The van der Waals surface area contributed by atoms with Gasteiger partial charge in [-0.15, -0.1) is 0 Å². The monoisotopic (exact) mass is 435 g/mol. The number of amides is 4. The minimum Gasteiger partial charge on any atom is -0.354 e. The first-order valence-electron chi connectivity index (χ1n) is 10.7. The second-order valence-electron chi connectivity index (χ2n) is 7.87. The average molecular weight is 435 g/mol. The van der Waals surface area contributed by atoms with Crippen LogP contribution in [0.2, 0.25) is 0 Å². The fraction of sp³-hybridized carbons (Fsp3) is 0.348. The van der Waals surface area contributed by atoms with E-state index in [0.717, 1.165) is 6.42 Å². The third-order valence-electron chi connectivity index (χ3n) is 5.76. The van der Waals surface area contributed by atoms with E-state index in [9.17, 15) is 19.2 Å². The number of hydrogen-bond acceptors (Lipinski definition) is 5. The van der Waals surface area contributed by atoms with Crippen LogP contribution in [-0.4, -0.2) is 76.7 Å². The topological polar surface area (TPSA) is 112 Å². The van der Waals surface area contributed by atoms with E-state index in [-0.39, 0.29) is 30.8 Å². The molecular formula is C23H25N5O4. The molecule has 0 saturated carbocycles.